The second kappa shape index (κ2) is 101. The van der Waals surface area contributed by atoms with Gasteiger partial charge in [-0.15, -0.1) is 0 Å². The second-order valence-corrected chi connectivity index (χ2v) is 0. The van der Waals surface area contributed by atoms with E-state index in [1.165, 1.54) is 0 Å². The first kappa shape index (κ1) is 26.5. The van der Waals surface area contributed by atoms with Crippen LogP contribution in [0.3, 0.4) is 0 Å². The van der Waals surface area contributed by atoms with Crippen molar-refractivity contribution in [1.29, 1.82) is 0 Å². The summed E-state index contributed by atoms with van der Waals surface area (Å²) in [6.07, 6.45) is 0. The van der Waals surface area contributed by atoms with E-state index in [9.17, 15) is 0 Å². The Morgan fingerprint density at radius 2 is 0.667 bits per heavy atom. The molecule has 0 atom stereocenters. The molecule has 1 radical (unpaired) electrons. The van der Waals surface area contributed by atoms with E-state index in [1.54, 1.807) is 0 Å². The topological polar surface area (TPSA) is 0 Å². The van der Waals surface area contributed by atoms with Gasteiger partial charge in [-0.25, -0.2) is 0 Å². The van der Waals surface area contributed by atoms with Crippen LogP contribution in [-0.2, 0) is 0 Å². The van der Waals surface area contributed by atoms with Gasteiger partial charge in [0.1, 0.15) is 0 Å². The molecule has 0 bridgehead atoms. The van der Waals surface area contributed by atoms with Crippen molar-refractivity contribution in [2.24, 2.45) is 0 Å². The molecule has 0 aromatic carbocycles. The predicted molar refractivity (Wildman–Crippen MR) is 29.1 cm³/mol. The molecule has 0 aromatic rings. The van der Waals surface area contributed by atoms with Gasteiger partial charge in [-0.05, 0) is 0 Å². The van der Waals surface area contributed by atoms with Gasteiger partial charge in [-0.2, -0.15) is 0 Å². The maximum Gasteiger partial charge on any atom is 0 e. The molecule has 0 saturated carbocycles. The summed E-state index contributed by atoms with van der Waals surface area (Å²) in [4.78, 5) is 0. The molecule has 0 aliphatic rings. The van der Waals surface area contributed by atoms with Gasteiger partial charge in [-0.1, -0.05) is 27.7 Å². The average molecular weight is 220 g/mol. The molecule has 0 nitrogen and oxygen atoms in total. The first-order chi connectivity index (χ1) is 2.00. The summed E-state index contributed by atoms with van der Waals surface area (Å²) in [6, 6.07) is 0. The maximum absolute atomic E-state index is 2.00. The third-order valence-corrected chi connectivity index (χ3v) is 0. The average Bonchev–Trinajstić information content (AvgIpc) is 1.50. The SMILES string of the molecule is CC.CC.[CH3-].[Pm]. The Hall–Kier alpha value is 1.34. The minimum atomic E-state index is 0. The van der Waals surface area contributed by atoms with Gasteiger partial charge in [0.15, 0.2) is 0 Å². The second-order valence-electron chi connectivity index (χ2n) is 0. The van der Waals surface area contributed by atoms with Crippen LogP contribution in [-0.4, -0.2) is 0 Å². The van der Waals surface area contributed by atoms with Crippen molar-refractivity contribution in [1.82, 2.24) is 0 Å². The van der Waals surface area contributed by atoms with Crippen LogP contribution in [0.15, 0.2) is 0 Å². The van der Waals surface area contributed by atoms with Gasteiger partial charge in [-0.3, -0.25) is 0 Å². The van der Waals surface area contributed by atoms with Crippen LogP contribution < -0.4 is 0 Å². The van der Waals surface area contributed by atoms with E-state index in [1.807, 2.05) is 27.7 Å². The van der Waals surface area contributed by atoms with Crippen LogP contribution in [0.4, 0.5) is 0 Å². The van der Waals surface area contributed by atoms with Crippen molar-refractivity contribution in [3.05, 3.63) is 7.43 Å². The Kier molecular flexibility index (Phi) is 445. The summed E-state index contributed by atoms with van der Waals surface area (Å²) in [7, 11) is 0. The molecule has 0 N–H and O–H groups in total. The molecule has 0 saturated heterocycles. The van der Waals surface area contributed by atoms with E-state index in [0.717, 1.165) is 0 Å². The summed E-state index contributed by atoms with van der Waals surface area (Å²) in [5.74, 6) is 0. The molecule has 0 amide bonds. The predicted octanol–water partition coefficient (Wildman–Crippen LogP) is 2.50. The molecule has 0 aliphatic carbocycles. The fraction of sp³-hybridized carbons (Fsp3) is 0.800. The smallest absolute Gasteiger partial charge is 0 e. The molecule has 0 fully saturated rings. The van der Waals surface area contributed by atoms with Gasteiger partial charge in [0.05, 0.1) is 0 Å². The quantitative estimate of drug-likeness (QED) is 0.550. The third kappa shape index (κ3) is 56.1. The van der Waals surface area contributed by atoms with Crippen molar-refractivity contribution in [2.75, 3.05) is 0 Å². The number of hydrogen-bond acceptors (Lipinski definition) is 0. The van der Waals surface area contributed by atoms with Crippen LogP contribution in [0, 0.1) is 47.8 Å². The summed E-state index contributed by atoms with van der Waals surface area (Å²) < 4.78 is 0. The molecule has 1 heteroatoms. The zero-order chi connectivity index (χ0) is 4.00. The summed E-state index contributed by atoms with van der Waals surface area (Å²) in [5, 5.41) is 0. The monoisotopic (exact) mass is 220 g/mol. The van der Waals surface area contributed by atoms with E-state index >= 15 is 0 Å². The first-order valence-corrected chi connectivity index (χ1v) is 2.00. The molecule has 0 unspecified atom stereocenters. The molecule has 0 aromatic heterocycles. The molecule has 0 rings (SSSR count). The van der Waals surface area contributed by atoms with E-state index in [-0.39, 0.29) is 47.8 Å². The van der Waals surface area contributed by atoms with Crippen molar-refractivity contribution >= 4 is 0 Å². The molecule has 0 aliphatic heterocycles. The zero-order valence-electron chi connectivity index (χ0n) is 5.45. The Morgan fingerprint density at radius 1 is 0.667 bits per heavy atom. The molecule has 6 heavy (non-hydrogen) atoms. The van der Waals surface area contributed by atoms with Gasteiger partial charge >= 0.3 is 0 Å². The fourth-order valence-electron chi connectivity index (χ4n) is 0. The zero-order valence-corrected chi connectivity index (χ0v) is 8.32. The molecule has 41 valence electrons. The Balaban J connectivity index is -0.00000000500. The van der Waals surface area contributed by atoms with E-state index in [0.29, 0.717) is 0 Å². The van der Waals surface area contributed by atoms with E-state index < -0.39 is 0 Å². The van der Waals surface area contributed by atoms with Gasteiger partial charge < -0.3 is 7.43 Å². The Morgan fingerprint density at radius 3 is 0.667 bits per heavy atom. The van der Waals surface area contributed by atoms with Gasteiger partial charge in [0.25, 0.3) is 0 Å². The Labute approximate surface area is 74.8 Å². The third-order valence-electron chi connectivity index (χ3n) is 0. The molecule has 0 heterocycles. The number of hydrogen-bond donors (Lipinski definition) is 0. The van der Waals surface area contributed by atoms with Gasteiger partial charge in [0, 0.05) is 40.4 Å². The first-order valence-electron chi connectivity index (χ1n) is 2.00. The molecular weight excluding hydrogens is 205 g/mol. The van der Waals surface area contributed by atoms with Crippen molar-refractivity contribution < 1.29 is 40.4 Å². The molecule has 0 spiro atoms. The molecular formula is C5H15Pm-. The van der Waals surface area contributed by atoms with Crippen molar-refractivity contribution in [3.63, 3.8) is 0 Å². The minimum Gasteiger partial charge on any atom is -0.358 e. The van der Waals surface area contributed by atoms with Crippen LogP contribution in [0.5, 0.6) is 0 Å². The van der Waals surface area contributed by atoms with E-state index in [4.69, 9.17) is 0 Å². The van der Waals surface area contributed by atoms with Crippen LogP contribution in [0.25, 0.3) is 0 Å². The van der Waals surface area contributed by atoms with Crippen LogP contribution in [0.2, 0.25) is 0 Å². The van der Waals surface area contributed by atoms with Crippen molar-refractivity contribution in [2.45, 2.75) is 27.7 Å². The number of rotatable bonds is 0. The summed E-state index contributed by atoms with van der Waals surface area (Å²) in [6.45, 7) is 8.00. The van der Waals surface area contributed by atoms with Crippen LogP contribution in [0.1, 0.15) is 27.7 Å². The van der Waals surface area contributed by atoms with Gasteiger partial charge in [0.2, 0.25) is 0 Å². The standard InChI is InChI=1S/2C2H6.CH3.Pm/c2*1-2;;/h2*1-2H3;1H3;/q;;-1;. The summed E-state index contributed by atoms with van der Waals surface area (Å²) >= 11 is 0. The van der Waals surface area contributed by atoms with E-state index in [2.05, 4.69) is 0 Å². The summed E-state index contributed by atoms with van der Waals surface area (Å²) in [5.41, 5.74) is 0. The fourth-order valence-corrected chi connectivity index (χ4v) is 0. The normalized spacial score (nSPS) is 2.00. The van der Waals surface area contributed by atoms with Crippen LogP contribution >= 0.6 is 0 Å². The Bertz CT molecular complexity index is 3.90. The maximum atomic E-state index is 2.00. The van der Waals surface area contributed by atoms with Crippen molar-refractivity contribution in [3.8, 4) is 0 Å². The largest absolute Gasteiger partial charge is 0.358 e. The minimum absolute atomic E-state index is 0.